The van der Waals surface area contributed by atoms with E-state index in [2.05, 4.69) is 38.2 Å². The summed E-state index contributed by atoms with van der Waals surface area (Å²) in [4.78, 5) is 24.4. The van der Waals surface area contributed by atoms with E-state index in [0.717, 1.165) is 38.5 Å². The first-order valence-electron chi connectivity index (χ1n) is 23.4. The molecule has 312 valence electrons. The van der Waals surface area contributed by atoms with Gasteiger partial charge in [-0.2, -0.15) is 0 Å². The highest BCUT2D eigenvalue weighted by Gasteiger charge is 2.16. The van der Waals surface area contributed by atoms with Gasteiger partial charge in [0.05, 0.1) is 6.61 Å². The molecule has 0 spiro atoms. The largest absolute Gasteiger partial charge is 0.462 e. The Balaban J connectivity index is 3.48. The highest BCUT2D eigenvalue weighted by molar-refractivity contribution is 5.70. The van der Waals surface area contributed by atoms with Gasteiger partial charge in [0, 0.05) is 12.8 Å². The van der Waals surface area contributed by atoms with Gasteiger partial charge < -0.3 is 14.6 Å². The third kappa shape index (κ3) is 43.0. The first-order valence-corrected chi connectivity index (χ1v) is 23.4. The summed E-state index contributed by atoms with van der Waals surface area (Å²) in [5, 5.41) is 9.60. The van der Waals surface area contributed by atoms with E-state index in [1.165, 1.54) is 186 Å². The van der Waals surface area contributed by atoms with E-state index in [0.29, 0.717) is 12.8 Å². The Labute approximate surface area is 330 Å². The van der Waals surface area contributed by atoms with E-state index in [9.17, 15) is 14.7 Å². The number of rotatable bonds is 43. The van der Waals surface area contributed by atoms with Crippen LogP contribution in [0.4, 0.5) is 0 Å². The van der Waals surface area contributed by atoms with Crippen molar-refractivity contribution in [3.63, 3.8) is 0 Å². The minimum absolute atomic E-state index is 0.0624. The molecule has 0 aromatic carbocycles. The Bertz CT molecular complexity index is 806. The summed E-state index contributed by atoms with van der Waals surface area (Å²) in [6.45, 7) is 4.14. The van der Waals surface area contributed by atoms with E-state index < -0.39 is 6.10 Å². The second-order valence-electron chi connectivity index (χ2n) is 15.8. The fourth-order valence-corrected chi connectivity index (χ4v) is 6.94. The number of aliphatic hydroxyl groups is 1. The number of hydrogen-bond acceptors (Lipinski definition) is 5. The van der Waals surface area contributed by atoms with Crippen LogP contribution in [0.3, 0.4) is 0 Å². The van der Waals surface area contributed by atoms with Crippen LogP contribution in [0.1, 0.15) is 251 Å². The molecule has 0 aromatic rings. The molecule has 5 nitrogen and oxygen atoms in total. The van der Waals surface area contributed by atoms with E-state index in [4.69, 9.17) is 9.47 Å². The smallest absolute Gasteiger partial charge is 0.306 e. The van der Waals surface area contributed by atoms with E-state index in [1.807, 2.05) is 0 Å². The minimum atomic E-state index is -0.769. The fourth-order valence-electron chi connectivity index (χ4n) is 6.94. The van der Waals surface area contributed by atoms with Crippen molar-refractivity contribution in [2.45, 2.75) is 258 Å². The number of ether oxygens (including phenoxy) is 2. The van der Waals surface area contributed by atoms with Crippen LogP contribution in [0.5, 0.6) is 0 Å². The standard InChI is InChI=1S/C48H90O5/c1-3-5-7-9-11-13-15-17-19-21-23-25-26-28-30-32-34-36-38-40-42-47(50)52-45-46(44-49)53-48(51)43-41-39-37-35-33-31-29-27-24-22-20-18-16-14-12-10-8-6-4-2/h12,14,18,20,46,49H,3-11,13,15-17,19,21-45H2,1-2H3/b14-12+,20-18+/t46-/m0/s1. The second kappa shape index (κ2) is 44.8. The summed E-state index contributed by atoms with van der Waals surface area (Å²) in [7, 11) is 0. The molecule has 0 aliphatic heterocycles. The van der Waals surface area contributed by atoms with Gasteiger partial charge in [-0.1, -0.05) is 218 Å². The molecule has 0 aliphatic carbocycles. The molecule has 5 heteroatoms. The summed E-state index contributed by atoms with van der Waals surface area (Å²) >= 11 is 0. The molecule has 0 saturated heterocycles. The molecule has 1 atom stereocenters. The van der Waals surface area contributed by atoms with Crippen molar-refractivity contribution < 1.29 is 24.2 Å². The third-order valence-corrected chi connectivity index (χ3v) is 10.5. The predicted octanol–water partition coefficient (Wildman–Crippen LogP) is 15.0. The van der Waals surface area contributed by atoms with Crippen LogP contribution >= 0.6 is 0 Å². The summed E-state index contributed by atoms with van der Waals surface area (Å²) in [5.41, 5.74) is 0. The van der Waals surface area contributed by atoms with Crippen LogP contribution in [0.2, 0.25) is 0 Å². The fraction of sp³-hybridized carbons (Fsp3) is 0.875. The maximum absolute atomic E-state index is 12.2. The van der Waals surface area contributed by atoms with Crippen LogP contribution < -0.4 is 0 Å². The van der Waals surface area contributed by atoms with Gasteiger partial charge in [-0.3, -0.25) is 9.59 Å². The van der Waals surface area contributed by atoms with Crippen molar-refractivity contribution in [1.29, 1.82) is 0 Å². The second-order valence-corrected chi connectivity index (χ2v) is 15.8. The third-order valence-electron chi connectivity index (χ3n) is 10.5. The van der Waals surface area contributed by atoms with Gasteiger partial charge in [-0.05, 0) is 44.9 Å². The zero-order chi connectivity index (χ0) is 38.6. The molecule has 1 N–H and O–H groups in total. The summed E-state index contributed by atoms with van der Waals surface area (Å²) in [6, 6.07) is 0. The molecule has 0 heterocycles. The number of hydrogen-bond donors (Lipinski definition) is 1. The number of carbonyl (C=O) groups is 2. The summed E-state index contributed by atoms with van der Waals surface area (Å²) < 4.78 is 10.7. The monoisotopic (exact) mass is 747 g/mol. The van der Waals surface area contributed by atoms with Crippen molar-refractivity contribution in [1.82, 2.24) is 0 Å². The van der Waals surface area contributed by atoms with Crippen molar-refractivity contribution >= 4 is 11.9 Å². The Kier molecular flexibility index (Phi) is 43.4. The molecule has 0 rings (SSSR count). The topological polar surface area (TPSA) is 72.8 Å². The van der Waals surface area contributed by atoms with Crippen LogP contribution in [-0.2, 0) is 19.1 Å². The summed E-state index contributed by atoms with van der Waals surface area (Å²) in [5.74, 6) is -0.582. The van der Waals surface area contributed by atoms with E-state index in [-0.39, 0.29) is 25.2 Å². The SMILES string of the molecule is CCCCC/C=C/C/C=C/CCCCCCCCCCCC(=O)O[C@@H](CO)COC(=O)CCCCCCCCCCCCCCCCCCCCCC. The number of carbonyl (C=O) groups excluding carboxylic acids is 2. The van der Waals surface area contributed by atoms with Crippen LogP contribution in [0.15, 0.2) is 24.3 Å². The predicted molar refractivity (Wildman–Crippen MR) is 228 cm³/mol. The first kappa shape index (κ1) is 51.4. The lowest BCUT2D eigenvalue weighted by atomic mass is 10.0. The molecular weight excluding hydrogens is 657 g/mol. The molecule has 0 bridgehead atoms. The van der Waals surface area contributed by atoms with Crippen molar-refractivity contribution in [2.24, 2.45) is 0 Å². The Hall–Kier alpha value is -1.62. The molecule has 0 radical (unpaired) electrons. The number of unbranched alkanes of at least 4 members (excludes halogenated alkanes) is 31. The molecule has 53 heavy (non-hydrogen) atoms. The average molecular weight is 747 g/mol. The van der Waals surface area contributed by atoms with Gasteiger partial charge in [0.15, 0.2) is 6.10 Å². The maximum Gasteiger partial charge on any atom is 0.306 e. The van der Waals surface area contributed by atoms with Gasteiger partial charge >= 0.3 is 11.9 Å². The quantitative estimate of drug-likeness (QED) is 0.0382. The lowest BCUT2D eigenvalue weighted by molar-refractivity contribution is -0.161. The Morgan fingerprint density at radius 2 is 0.755 bits per heavy atom. The van der Waals surface area contributed by atoms with Gasteiger partial charge in [-0.25, -0.2) is 0 Å². The molecule has 0 aliphatic rings. The lowest BCUT2D eigenvalue weighted by Crippen LogP contribution is -2.28. The molecule has 0 amide bonds. The molecule has 0 aromatic heterocycles. The van der Waals surface area contributed by atoms with Gasteiger partial charge in [0.2, 0.25) is 0 Å². The highest BCUT2D eigenvalue weighted by Crippen LogP contribution is 2.16. The van der Waals surface area contributed by atoms with Gasteiger partial charge in [0.1, 0.15) is 6.61 Å². The minimum Gasteiger partial charge on any atom is -0.462 e. The van der Waals surface area contributed by atoms with Crippen LogP contribution in [-0.4, -0.2) is 36.4 Å². The van der Waals surface area contributed by atoms with Crippen molar-refractivity contribution in [3.8, 4) is 0 Å². The molecule has 0 unspecified atom stereocenters. The van der Waals surface area contributed by atoms with Crippen molar-refractivity contribution in [2.75, 3.05) is 13.2 Å². The number of aliphatic hydroxyl groups excluding tert-OH is 1. The Morgan fingerprint density at radius 1 is 0.434 bits per heavy atom. The van der Waals surface area contributed by atoms with Crippen LogP contribution in [0.25, 0.3) is 0 Å². The number of allylic oxidation sites excluding steroid dienone is 4. The summed E-state index contributed by atoms with van der Waals surface area (Å²) in [6.07, 6.45) is 54.0. The van der Waals surface area contributed by atoms with Crippen LogP contribution in [0, 0.1) is 0 Å². The average Bonchev–Trinajstić information content (AvgIpc) is 3.16. The first-order chi connectivity index (χ1) is 26.1. The van der Waals surface area contributed by atoms with E-state index >= 15 is 0 Å². The lowest BCUT2D eigenvalue weighted by Gasteiger charge is -2.15. The zero-order valence-electron chi connectivity index (χ0n) is 35.5. The molecule has 0 saturated carbocycles. The highest BCUT2D eigenvalue weighted by atomic mass is 16.6. The van der Waals surface area contributed by atoms with Gasteiger partial charge in [0.25, 0.3) is 0 Å². The zero-order valence-corrected chi connectivity index (χ0v) is 35.5. The van der Waals surface area contributed by atoms with Crippen molar-refractivity contribution in [3.05, 3.63) is 24.3 Å². The van der Waals surface area contributed by atoms with Gasteiger partial charge in [-0.15, -0.1) is 0 Å². The maximum atomic E-state index is 12.2. The normalized spacial score (nSPS) is 12.3. The molecule has 0 fully saturated rings. The number of esters is 2. The molecular formula is C48H90O5. The van der Waals surface area contributed by atoms with E-state index in [1.54, 1.807) is 0 Å². The Morgan fingerprint density at radius 3 is 1.15 bits per heavy atom.